The SMILES string of the molecule is CCCCC.CCCCC.CCOC(C)=O. The Kier molecular flexibility index (Phi) is 31.2. The molecule has 0 heterocycles. The lowest BCUT2D eigenvalue weighted by molar-refractivity contribution is -0.140. The normalized spacial score (nSPS) is 8.12. The maximum Gasteiger partial charge on any atom is 0.302 e. The minimum Gasteiger partial charge on any atom is -0.466 e. The average molecular weight is 232 g/mol. The first-order valence-corrected chi connectivity index (χ1v) is 6.73. The molecule has 0 aromatic rings. The molecule has 0 aromatic carbocycles. The van der Waals surface area contributed by atoms with Crippen LogP contribution in [0, 0.1) is 0 Å². The molecule has 100 valence electrons. The van der Waals surface area contributed by atoms with E-state index < -0.39 is 0 Å². The van der Waals surface area contributed by atoms with Gasteiger partial charge in [-0.3, -0.25) is 4.79 Å². The summed E-state index contributed by atoms with van der Waals surface area (Å²) in [5, 5.41) is 0. The Morgan fingerprint density at radius 3 is 1.12 bits per heavy atom. The van der Waals surface area contributed by atoms with Gasteiger partial charge in [-0.05, 0) is 6.92 Å². The summed E-state index contributed by atoms with van der Waals surface area (Å²) < 4.78 is 4.40. The zero-order valence-electron chi connectivity index (χ0n) is 12.3. The van der Waals surface area contributed by atoms with Crippen LogP contribution >= 0.6 is 0 Å². The zero-order chi connectivity index (χ0) is 13.2. The molecule has 0 atom stereocenters. The van der Waals surface area contributed by atoms with Crippen molar-refractivity contribution in [1.29, 1.82) is 0 Å². The highest BCUT2D eigenvalue weighted by Gasteiger charge is 1.81. The quantitative estimate of drug-likeness (QED) is 0.626. The van der Waals surface area contributed by atoms with Gasteiger partial charge in [0.15, 0.2) is 0 Å². The molecule has 0 N–H and O–H groups in total. The standard InChI is InChI=1S/2C5H12.C4H8O2/c2*1-3-5-4-2;1-3-6-4(2)5/h2*3-5H2,1-2H3;3H2,1-2H3. The summed E-state index contributed by atoms with van der Waals surface area (Å²) in [4.78, 5) is 9.82. The molecule has 0 aliphatic carbocycles. The minimum atomic E-state index is -0.211. The number of carbonyl (C=O) groups is 1. The highest BCUT2D eigenvalue weighted by molar-refractivity contribution is 5.65. The van der Waals surface area contributed by atoms with Crippen molar-refractivity contribution in [1.82, 2.24) is 0 Å². The van der Waals surface area contributed by atoms with Crippen LogP contribution in [0.1, 0.15) is 80.1 Å². The number of rotatable bonds is 5. The van der Waals surface area contributed by atoms with Crippen molar-refractivity contribution in [3.8, 4) is 0 Å². The van der Waals surface area contributed by atoms with Gasteiger partial charge in [-0.1, -0.05) is 66.2 Å². The van der Waals surface area contributed by atoms with Crippen molar-refractivity contribution >= 4 is 5.97 Å². The first-order chi connectivity index (χ1) is 7.60. The number of carbonyl (C=O) groups excluding carboxylic acids is 1. The van der Waals surface area contributed by atoms with Crippen molar-refractivity contribution < 1.29 is 9.53 Å². The van der Waals surface area contributed by atoms with Gasteiger partial charge in [0.1, 0.15) is 0 Å². The van der Waals surface area contributed by atoms with Crippen molar-refractivity contribution in [2.75, 3.05) is 6.61 Å². The molecule has 0 saturated heterocycles. The fourth-order valence-corrected chi connectivity index (χ4v) is 0.910. The summed E-state index contributed by atoms with van der Waals surface area (Å²) in [5.74, 6) is -0.211. The molecule has 0 aliphatic rings. The van der Waals surface area contributed by atoms with Crippen LogP contribution in [-0.4, -0.2) is 12.6 Å². The van der Waals surface area contributed by atoms with Gasteiger partial charge in [0.2, 0.25) is 0 Å². The lowest BCUT2D eigenvalue weighted by atomic mass is 10.3. The van der Waals surface area contributed by atoms with Gasteiger partial charge in [0, 0.05) is 6.92 Å². The monoisotopic (exact) mass is 232 g/mol. The summed E-state index contributed by atoms with van der Waals surface area (Å²) in [6.07, 6.45) is 8.15. The van der Waals surface area contributed by atoms with E-state index in [4.69, 9.17) is 0 Å². The van der Waals surface area contributed by atoms with E-state index in [1.165, 1.54) is 45.4 Å². The van der Waals surface area contributed by atoms with Crippen molar-refractivity contribution in [2.24, 2.45) is 0 Å². The minimum absolute atomic E-state index is 0.211. The molecule has 0 radical (unpaired) electrons. The molecule has 0 saturated carbocycles. The predicted molar refractivity (Wildman–Crippen MR) is 72.7 cm³/mol. The van der Waals surface area contributed by atoms with Crippen molar-refractivity contribution in [2.45, 2.75) is 80.1 Å². The molecule has 0 unspecified atom stereocenters. The van der Waals surface area contributed by atoms with Crippen LogP contribution in [0.2, 0.25) is 0 Å². The zero-order valence-corrected chi connectivity index (χ0v) is 12.3. The predicted octanol–water partition coefficient (Wildman–Crippen LogP) is 4.96. The van der Waals surface area contributed by atoms with Crippen molar-refractivity contribution in [3.63, 3.8) is 0 Å². The van der Waals surface area contributed by atoms with Gasteiger partial charge in [0.05, 0.1) is 6.61 Å². The Hall–Kier alpha value is -0.530. The van der Waals surface area contributed by atoms with Crippen LogP contribution in [0.4, 0.5) is 0 Å². The van der Waals surface area contributed by atoms with Gasteiger partial charge in [-0.15, -0.1) is 0 Å². The molecular weight excluding hydrogens is 200 g/mol. The summed E-state index contributed by atoms with van der Waals surface area (Å²) >= 11 is 0. The molecule has 0 aromatic heterocycles. The number of unbranched alkanes of at least 4 members (excludes halogenated alkanes) is 4. The first kappa shape index (κ1) is 20.8. The summed E-state index contributed by atoms with van der Waals surface area (Å²) in [6.45, 7) is 12.5. The number of hydrogen-bond donors (Lipinski definition) is 0. The van der Waals surface area contributed by atoms with Gasteiger partial charge in [-0.2, -0.15) is 0 Å². The Morgan fingerprint density at radius 1 is 0.812 bits per heavy atom. The molecule has 16 heavy (non-hydrogen) atoms. The molecule has 0 spiro atoms. The summed E-state index contributed by atoms with van der Waals surface area (Å²) in [5.41, 5.74) is 0. The third-order valence-corrected chi connectivity index (χ3v) is 1.76. The molecule has 0 fully saturated rings. The smallest absolute Gasteiger partial charge is 0.302 e. The lowest BCUT2D eigenvalue weighted by Gasteiger charge is -1.89. The summed E-state index contributed by atoms with van der Waals surface area (Å²) in [7, 11) is 0. The maximum absolute atomic E-state index is 9.82. The Bertz CT molecular complexity index is 101. The third-order valence-electron chi connectivity index (χ3n) is 1.76. The lowest BCUT2D eigenvalue weighted by Crippen LogP contribution is -1.95. The fourth-order valence-electron chi connectivity index (χ4n) is 0.910. The van der Waals surface area contributed by atoms with Crippen LogP contribution in [0.15, 0.2) is 0 Å². The second-order valence-electron chi connectivity index (χ2n) is 3.63. The van der Waals surface area contributed by atoms with E-state index in [9.17, 15) is 4.79 Å². The van der Waals surface area contributed by atoms with E-state index in [1.54, 1.807) is 6.92 Å². The summed E-state index contributed by atoms with van der Waals surface area (Å²) in [6, 6.07) is 0. The first-order valence-electron chi connectivity index (χ1n) is 6.73. The highest BCUT2D eigenvalue weighted by Crippen LogP contribution is 1.88. The molecule has 2 nitrogen and oxygen atoms in total. The number of esters is 1. The molecule has 0 rings (SSSR count). The van der Waals surface area contributed by atoms with E-state index in [-0.39, 0.29) is 5.97 Å². The Labute approximate surface area is 103 Å². The van der Waals surface area contributed by atoms with Gasteiger partial charge >= 0.3 is 5.97 Å². The molecule has 0 amide bonds. The van der Waals surface area contributed by atoms with Crippen LogP contribution in [0.3, 0.4) is 0 Å². The van der Waals surface area contributed by atoms with Gasteiger partial charge < -0.3 is 4.74 Å². The Morgan fingerprint density at radius 2 is 1.12 bits per heavy atom. The van der Waals surface area contributed by atoms with E-state index in [0.717, 1.165) is 0 Å². The largest absolute Gasteiger partial charge is 0.466 e. The van der Waals surface area contributed by atoms with E-state index in [1.807, 2.05) is 0 Å². The highest BCUT2D eigenvalue weighted by atomic mass is 16.5. The number of ether oxygens (including phenoxy) is 1. The van der Waals surface area contributed by atoms with Crippen molar-refractivity contribution in [3.05, 3.63) is 0 Å². The van der Waals surface area contributed by atoms with Crippen LogP contribution in [0.25, 0.3) is 0 Å². The molecule has 0 aliphatic heterocycles. The second kappa shape index (κ2) is 24.0. The second-order valence-corrected chi connectivity index (χ2v) is 3.63. The fraction of sp³-hybridized carbons (Fsp3) is 0.929. The van der Waals surface area contributed by atoms with Crippen LogP contribution < -0.4 is 0 Å². The van der Waals surface area contributed by atoms with Gasteiger partial charge in [-0.25, -0.2) is 0 Å². The molecular formula is C14H32O2. The topological polar surface area (TPSA) is 26.3 Å². The Balaban J connectivity index is -0.000000160. The molecule has 0 bridgehead atoms. The van der Waals surface area contributed by atoms with E-state index >= 15 is 0 Å². The number of hydrogen-bond acceptors (Lipinski definition) is 2. The van der Waals surface area contributed by atoms with Gasteiger partial charge in [0.25, 0.3) is 0 Å². The third kappa shape index (κ3) is 50.0. The molecule has 2 heteroatoms. The van der Waals surface area contributed by atoms with E-state index in [0.29, 0.717) is 6.61 Å². The average Bonchev–Trinajstić information content (AvgIpc) is 2.21. The van der Waals surface area contributed by atoms with E-state index in [2.05, 4.69) is 32.4 Å². The van der Waals surface area contributed by atoms with Crippen LogP contribution in [-0.2, 0) is 9.53 Å². The maximum atomic E-state index is 9.82. The van der Waals surface area contributed by atoms with Crippen LogP contribution in [0.5, 0.6) is 0 Å².